The topological polar surface area (TPSA) is 51.6 Å². The Morgan fingerprint density at radius 1 is 0.181 bits per heavy atom. The molecule has 3 heterocycles. The standard InChI is InChI=1S/C68H46N4/c1-2-14-47(15-3-1)48-24-26-49(27-25-48)59-45-71-68(72-46-59)55-38-32-52(33-39-55)62-18-6-9-21-65(62)58-43-56(63-19-7-4-16-60(63)50-28-34-53(35-29-50)66-22-10-12-40-69-66)42-57(44-58)64-20-8-5-17-61(64)51-30-36-54(37-31-51)67-23-11-13-41-70-67/h1-46H. The molecule has 0 bridgehead atoms. The van der Waals surface area contributed by atoms with Crippen LogP contribution in [-0.2, 0) is 0 Å². The lowest BCUT2D eigenvalue weighted by atomic mass is 9.86. The molecule has 0 atom stereocenters. The third-order valence-corrected chi connectivity index (χ3v) is 13.4. The first-order chi connectivity index (χ1) is 35.7. The van der Waals surface area contributed by atoms with Gasteiger partial charge in [0.15, 0.2) is 5.82 Å². The molecule has 0 fully saturated rings. The molecule has 72 heavy (non-hydrogen) atoms. The maximum atomic E-state index is 4.83. The zero-order valence-corrected chi connectivity index (χ0v) is 39.3. The summed E-state index contributed by atoms with van der Waals surface area (Å²) >= 11 is 0. The molecule has 0 saturated carbocycles. The fraction of sp³-hybridized carbons (Fsp3) is 0. The molecule has 338 valence electrons. The number of nitrogens with zero attached hydrogens (tertiary/aromatic N) is 4. The Labute approximate surface area is 420 Å². The second-order valence-electron chi connectivity index (χ2n) is 17.8. The normalized spacial score (nSPS) is 11.1. The van der Waals surface area contributed by atoms with Gasteiger partial charge < -0.3 is 0 Å². The van der Waals surface area contributed by atoms with Gasteiger partial charge in [-0.05, 0) is 126 Å². The van der Waals surface area contributed by atoms with Crippen LogP contribution in [0.4, 0.5) is 0 Å². The van der Waals surface area contributed by atoms with Crippen molar-refractivity contribution in [2.45, 2.75) is 0 Å². The number of rotatable bonds is 11. The van der Waals surface area contributed by atoms with Gasteiger partial charge in [-0.25, -0.2) is 9.97 Å². The minimum Gasteiger partial charge on any atom is -0.256 e. The molecule has 0 aliphatic rings. The highest BCUT2D eigenvalue weighted by atomic mass is 14.9. The third kappa shape index (κ3) is 9.04. The fourth-order valence-electron chi connectivity index (χ4n) is 9.67. The number of hydrogen-bond acceptors (Lipinski definition) is 4. The molecule has 0 aliphatic carbocycles. The zero-order chi connectivity index (χ0) is 48.1. The minimum atomic E-state index is 0.687. The van der Waals surface area contributed by atoms with Crippen LogP contribution in [0, 0.1) is 0 Å². The van der Waals surface area contributed by atoms with E-state index in [-0.39, 0.29) is 0 Å². The first-order valence-electron chi connectivity index (χ1n) is 24.2. The molecule has 0 aliphatic heterocycles. The average molecular weight is 919 g/mol. The smallest absolute Gasteiger partial charge is 0.159 e. The van der Waals surface area contributed by atoms with Crippen molar-refractivity contribution in [1.82, 2.24) is 19.9 Å². The van der Waals surface area contributed by atoms with E-state index >= 15 is 0 Å². The van der Waals surface area contributed by atoms with E-state index in [1.54, 1.807) is 0 Å². The van der Waals surface area contributed by atoms with E-state index in [1.807, 2.05) is 55.1 Å². The van der Waals surface area contributed by atoms with Gasteiger partial charge in [0.2, 0.25) is 0 Å². The van der Waals surface area contributed by atoms with Gasteiger partial charge in [-0.3, -0.25) is 9.97 Å². The summed E-state index contributed by atoms with van der Waals surface area (Å²) < 4.78 is 0. The van der Waals surface area contributed by atoms with Crippen LogP contribution in [0.2, 0.25) is 0 Å². The van der Waals surface area contributed by atoms with Gasteiger partial charge in [0.1, 0.15) is 0 Å². The Hall–Kier alpha value is -9.64. The van der Waals surface area contributed by atoms with Crippen molar-refractivity contribution in [2.24, 2.45) is 0 Å². The van der Waals surface area contributed by atoms with Gasteiger partial charge in [0.05, 0.1) is 11.4 Å². The van der Waals surface area contributed by atoms with Gasteiger partial charge in [0, 0.05) is 47.0 Å². The number of pyridine rings is 2. The summed E-state index contributed by atoms with van der Waals surface area (Å²) in [5.74, 6) is 0.687. The molecule has 0 unspecified atom stereocenters. The lowest BCUT2D eigenvalue weighted by Gasteiger charge is -2.18. The van der Waals surface area contributed by atoms with E-state index in [0.717, 1.165) is 106 Å². The molecule has 0 amide bonds. The maximum absolute atomic E-state index is 4.83. The van der Waals surface area contributed by atoms with Gasteiger partial charge >= 0.3 is 0 Å². The van der Waals surface area contributed by atoms with Crippen molar-refractivity contribution >= 4 is 0 Å². The molecule has 9 aromatic carbocycles. The quantitative estimate of drug-likeness (QED) is 0.130. The van der Waals surface area contributed by atoms with Gasteiger partial charge in [0.25, 0.3) is 0 Å². The maximum Gasteiger partial charge on any atom is 0.159 e. The monoisotopic (exact) mass is 918 g/mol. The van der Waals surface area contributed by atoms with Crippen molar-refractivity contribution in [3.8, 4) is 123 Å². The first kappa shape index (κ1) is 43.6. The van der Waals surface area contributed by atoms with Crippen LogP contribution in [-0.4, -0.2) is 19.9 Å². The molecule has 0 saturated heterocycles. The highest BCUT2D eigenvalue weighted by Crippen LogP contribution is 2.43. The van der Waals surface area contributed by atoms with E-state index in [4.69, 9.17) is 9.97 Å². The molecular weight excluding hydrogens is 873 g/mol. The molecule has 4 nitrogen and oxygen atoms in total. The molecular formula is C68H46N4. The van der Waals surface area contributed by atoms with Crippen LogP contribution in [0.3, 0.4) is 0 Å². The first-order valence-corrected chi connectivity index (χ1v) is 24.2. The summed E-state index contributed by atoms with van der Waals surface area (Å²) in [5, 5.41) is 0. The van der Waals surface area contributed by atoms with Crippen molar-refractivity contribution in [3.05, 3.63) is 280 Å². The number of aromatic nitrogens is 4. The summed E-state index contributed by atoms with van der Waals surface area (Å²) in [6.07, 6.45) is 7.51. The second kappa shape index (κ2) is 19.8. The molecule has 4 heteroatoms. The van der Waals surface area contributed by atoms with Gasteiger partial charge in [-0.1, -0.05) is 212 Å². The SMILES string of the molecule is c1ccc(-c2ccc(-c3cnc(-c4ccc(-c5ccccc5-c5cc(-c6ccccc6-c6ccc(-c7ccccn7)cc6)cc(-c6ccccc6-c6ccc(-c7ccccn7)cc6)c5)cc4)nc3)cc2)cc1. The van der Waals surface area contributed by atoms with Crippen LogP contribution in [0.5, 0.6) is 0 Å². The van der Waals surface area contributed by atoms with Crippen molar-refractivity contribution in [1.29, 1.82) is 0 Å². The number of hydrogen-bond donors (Lipinski definition) is 0. The highest BCUT2D eigenvalue weighted by molar-refractivity contribution is 5.94. The minimum absolute atomic E-state index is 0.687. The summed E-state index contributed by atoms with van der Waals surface area (Å²) in [7, 11) is 0. The molecule has 0 spiro atoms. The molecule has 0 radical (unpaired) electrons. The molecule has 3 aromatic heterocycles. The predicted molar refractivity (Wildman–Crippen MR) is 297 cm³/mol. The van der Waals surface area contributed by atoms with E-state index in [0.29, 0.717) is 5.82 Å². The Morgan fingerprint density at radius 2 is 0.472 bits per heavy atom. The van der Waals surface area contributed by atoms with E-state index in [9.17, 15) is 0 Å². The lowest BCUT2D eigenvalue weighted by Crippen LogP contribution is -1.93. The average Bonchev–Trinajstić information content (AvgIpc) is 3.48. The van der Waals surface area contributed by atoms with Gasteiger partial charge in [-0.2, -0.15) is 0 Å². The van der Waals surface area contributed by atoms with Crippen LogP contribution in [0.1, 0.15) is 0 Å². The van der Waals surface area contributed by atoms with Crippen molar-refractivity contribution in [2.75, 3.05) is 0 Å². The van der Waals surface area contributed by atoms with E-state index < -0.39 is 0 Å². The third-order valence-electron chi connectivity index (χ3n) is 13.4. The Morgan fingerprint density at radius 3 is 0.847 bits per heavy atom. The lowest BCUT2D eigenvalue weighted by molar-refractivity contribution is 1.18. The van der Waals surface area contributed by atoms with Crippen LogP contribution in [0.15, 0.2) is 280 Å². The molecule has 0 N–H and O–H groups in total. The Kier molecular flexibility index (Phi) is 12.0. The summed E-state index contributed by atoms with van der Waals surface area (Å²) in [5.41, 5.74) is 23.2. The Bertz CT molecular complexity index is 3640. The fourth-order valence-corrected chi connectivity index (χ4v) is 9.67. The number of benzene rings is 9. The predicted octanol–water partition coefficient (Wildman–Crippen LogP) is 17.6. The van der Waals surface area contributed by atoms with Crippen molar-refractivity contribution in [3.63, 3.8) is 0 Å². The Balaban J connectivity index is 0.917. The summed E-state index contributed by atoms with van der Waals surface area (Å²) in [6, 6.07) is 90.5. The van der Waals surface area contributed by atoms with Crippen LogP contribution < -0.4 is 0 Å². The van der Waals surface area contributed by atoms with E-state index in [2.05, 4.69) is 234 Å². The van der Waals surface area contributed by atoms with Crippen molar-refractivity contribution < 1.29 is 0 Å². The van der Waals surface area contributed by atoms with Crippen LogP contribution >= 0.6 is 0 Å². The van der Waals surface area contributed by atoms with E-state index in [1.165, 1.54) is 11.1 Å². The molecule has 12 rings (SSSR count). The van der Waals surface area contributed by atoms with Gasteiger partial charge in [-0.15, -0.1) is 0 Å². The largest absolute Gasteiger partial charge is 0.256 e. The van der Waals surface area contributed by atoms with Crippen LogP contribution in [0.25, 0.3) is 123 Å². The highest BCUT2D eigenvalue weighted by Gasteiger charge is 2.17. The summed E-state index contributed by atoms with van der Waals surface area (Å²) in [6.45, 7) is 0. The summed E-state index contributed by atoms with van der Waals surface area (Å²) in [4.78, 5) is 18.9. The molecule has 12 aromatic rings. The zero-order valence-electron chi connectivity index (χ0n) is 39.3. The second-order valence-corrected chi connectivity index (χ2v) is 17.8.